The Morgan fingerprint density at radius 2 is 1.60 bits per heavy atom. The number of nitrogens with zero attached hydrogens (tertiary/aromatic N) is 2. The molecule has 7 nitrogen and oxygen atoms in total. The molecule has 1 heterocycles. The van der Waals surface area contributed by atoms with E-state index in [0.717, 1.165) is 9.13 Å². The Bertz CT molecular complexity index is 777. The third-order valence-electron chi connectivity index (χ3n) is 2.62. The molecular formula is C11H8Cl2N2O5. The van der Waals surface area contributed by atoms with Gasteiger partial charge < -0.3 is 10.2 Å². The topological polar surface area (TPSA) is 102 Å². The lowest BCUT2D eigenvalue weighted by molar-refractivity contribution is -0.138. The van der Waals surface area contributed by atoms with Crippen molar-refractivity contribution in [3.63, 3.8) is 0 Å². The molecule has 0 atom stereocenters. The number of imidazole rings is 1. The second-order valence-corrected chi connectivity index (χ2v) is 4.84. The molecule has 0 spiro atoms. The quantitative estimate of drug-likeness (QED) is 0.884. The van der Waals surface area contributed by atoms with Crippen LogP contribution in [0.2, 0.25) is 10.0 Å². The molecule has 0 amide bonds. The van der Waals surface area contributed by atoms with Crippen LogP contribution in [0.1, 0.15) is 0 Å². The molecule has 9 heteroatoms. The zero-order valence-corrected chi connectivity index (χ0v) is 11.4. The van der Waals surface area contributed by atoms with Crippen LogP contribution in [-0.4, -0.2) is 31.3 Å². The lowest BCUT2D eigenvalue weighted by atomic mass is 10.3. The van der Waals surface area contributed by atoms with E-state index in [0.29, 0.717) is 0 Å². The summed E-state index contributed by atoms with van der Waals surface area (Å²) in [4.78, 5) is 33.8. The minimum Gasteiger partial charge on any atom is -0.480 e. The second-order valence-electron chi connectivity index (χ2n) is 4.00. The number of fused-ring (bicyclic) bond motifs is 1. The lowest BCUT2D eigenvalue weighted by Gasteiger charge is -2.01. The molecule has 0 unspecified atom stereocenters. The molecule has 2 rings (SSSR count). The maximum absolute atomic E-state index is 12.1. The highest BCUT2D eigenvalue weighted by molar-refractivity contribution is 6.38. The van der Waals surface area contributed by atoms with Gasteiger partial charge in [-0.2, -0.15) is 0 Å². The third kappa shape index (κ3) is 2.50. The summed E-state index contributed by atoms with van der Waals surface area (Å²) in [6.45, 7) is -1.23. The molecular weight excluding hydrogens is 311 g/mol. The summed E-state index contributed by atoms with van der Waals surface area (Å²) in [5.74, 6) is -2.48. The fourth-order valence-electron chi connectivity index (χ4n) is 1.94. The molecule has 0 fully saturated rings. The maximum atomic E-state index is 12.1. The van der Waals surface area contributed by atoms with Crippen LogP contribution >= 0.6 is 23.2 Å². The van der Waals surface area contributed by atoms with Crippen molar-refractivity contribution in [2.24, 2.45) is 0 Å². The number of hydrogen-bond acceptors (Lipinski definition) is 3. The first kappa shape index (κ1) is 14.4. The summed E-state index contributed by atoms with van der Waals surface area (Å²) < 4.78 is 1.82. The van der Waals surface area contributed by atoms with Crippen LogP contribution in [0, 0.1) is 0 Å². The van der Waals surface area contributed by atoms with Crippen molar-refractivity contribution in [2.75, 3.05) is 0 Å². The summed E-state index contributed by atoms with van der Waals surface area (Å²) in [5, 5.41) is 18.0. The van der Waals surface area contributed by atoms with Crippen molar-refractivity contribution in [1.29, 1.82) is 0 Å². The number of carbonyl (C=O) groups is 2. The van der Waals surface area contributed by atoms with Crippen LogP contribution < -0.4 is 5.69 Å². The van der Waals surface area contributed by atoms with Crippen LogP contribution in [0.4, 0.5) is 0 Å². The Kier molecular flexibility index (Phi) is 3.74. The molecule has 0 aliphatic heterocycles. The van der Waals surface area contributed by atoms with Crippen molar-refractivity contribution in [3.05, 3.63) is 32.7 Å². The maximum Gasteiger partial charge on any atom is 0.330 e. The average Bonchev–Trinajstić information content (AvgIpc) is 2.53. The van der Waals surface area contributed by atoms with E-state index in [1.807, 2.05) is 0 Å². The largest absolute Gasteiger partial charge is 0.480 e. The van der Waals surface area contributed by atoms with Crippen LogP contribution in [0.25, 0.3) is 11.0 Å². The molecule has 0 aliphatic carbocycles. The van der Waals surface area contributed by atoms with E-state index >= 15 is 0 Å². The summed E-state index contributed by atoms with van der Waals surface area (Å²) >= 11 is 11.8. The predicted molar refractivity (Wildman–Crippen MR) is 71.5 cm³/mol. The lowest BCUT2D eigenvalue weighted by Crippen LogP contribution is -2.28. The first-order valence-electron chi connectivity index (χ1n) is 5.33. The van der Waals surface area contributed by atoms with Crippen molar-refractivity contribution in [2.45, 2.75) is 13.1 Å². The standard InChI is InChI=1S/C11H8Cl2N2O5/c12-5-1-6(13)10-7(2-5)14(3-8(16)17)11(20)15(10)4-9(18)19/h1-2H,3-4H2,(H,16,17)(H,18,19). The van der Waals surface area contributed by atoms with Gasteiger partial charge in [-0.15, -0.1) is 0 Å². The predicted octanol–water partition coefficient (Wildman–Crippen LogP) is 1.28. The molecule has 0 saturated carbocycles. The molecule has 0 aliphatic rings. The second kappa shape index (κ2) is 5.18. The Morgan fingerprint density at radius 1 is 1.05 bits per heavy atom. The monoisotopic (exact) mass is 318 g/mol. The van der Waals surface area contributed by atoms with Gasteiger partial charge in [0.2, 0.25) is 0 Å². The van der Waals surface area contributed by atoms with E-state index in [9.17, 15) is 14.4 Å². The van der Waals surface area contributed by atoms with Crippen molar-refractivity contribution < 1.29 is 19.8 Å². The first-order chi connectivity index (χ1) is 9.31. The number of benzene rings is 1. The van der Waals surface area contributed by atoms with Gasteiger partial charge in [-0.3, -0.25) is 18.7 Å². The van der Waals surface area contributed by atoms with E-state index in [2.05, 4.69) is 0 Å². The van der Waals surface area contributed by atoms with Crippen LogP contribution in [0.5, 0.6) is 0 Å². The van der Waals surface area contributed by atoms with E-state index in [1.54, 1.807) is 0 Å². The number of rotatable bonds is 4. The Labute approximate surface area is 121 Å². The highest BCUT2D eigenvalue weighted by Crippen LogP contribution is 2.27. The van der Waals surface area contributed by atoms with E-state index in [4.69, 9.17) is 33.4 Å². The minimum absolute atomic E-state index is 0.0787. The zero-order chi connectivity index (χ0) is 15.0. The normalized spacial score (nSPS) is 10.9. The summed E-state index contributed by atoms with van der Waals surface area (Å²) in [5.41, 5.74) is -0.449. The van der Waals surface area contributed by atoms with Gasteiger partial charge in [0, 0.05) is 5.02 Å². The first-order valence-corrected chi connectivity index (χ1v) is 6.08. The third-order valence-corrected chi connectivity index (χ3v) is 3.12. The van der Waals surface area contributed by atoms with Gasteiger partial charge in [0.1, 0.15) is 13.1 Å². The number of hydrogen-bond donors (Lipinski definition) is 2. The van der Waals surface area contributed by atoms with Gasteiger partial charge >= 0.3 is 17.6 Å². The van der Waals surface area contributed by atoms with E-state index in [1.165, 1.54) is 12.1 Å². The van der Waals surface area contributed by atoms with Crippen molar-refractivity contribution >= 4 is 46.2 Å². The highest BCUT2D eigenvalue weighted by atomic mass is 35.5. The van der Waals surface area contributed by atoms with E-state index < -0.39 is 30.7 Å². The number of halogens is 2. The number of aliphatic carboxylic acids is 2. The molecule has 1 aromatic carbocycles. The number of aromatic nitrogens is 2. The molecule has 2 N–H and O–H groups in total. The van der Waals surface area contributed by atoms with Crippen molar-refractivity contribution in [1.82, 2.24) is 9.13 Å². The van der Waals surface area contributed by atoms with Gasteiger partial charge in [-0.1, -0.05) is 23.2 Å². The molecule has 20 heavy (non-hydrogen) atoms. The van der Waals surface area contributed by atoms with Gasteiger partial charge in [0.05, 0.1) is 16.1 Å². The summed E-state index contributed by atoms with van der Waals surface area (Å²) in [6.07, 6.45) is 0. The van der Waals surface area contributed by atoms with Gasteiger partial charge in [-0.05, 0) is 12.1 Å². The summed E-state index contributed by atoms with van der Waals surface area (Å²) in [7, 11) is 0. The Balaban J connectivity index is 2.85. The summed E-state index contributed by atoms with van der Waals surface area (Å²) in [6, 6.07) is 2.72. The highest BCUT2D eigenvalue weighted by Gasteiger charge is 2.19. The molecule has 2 aromatic rings. The Morgan fingerprint density at radius 3 is 2.15 bits per heavy atom. The van der Waals surface area contributed by atoms with Crippen LogP contribution in [-0.2, 0) is 22.7 Å². The molecule has 106 valence electrons. The van der Waals surface area contributed by atoms with Gasteiger partial charge in [0.25, 0.3) is 0 Å². The smallest absolute Gasteiger partial charge is 0.330 e. The number of carboxylic acids is 2. The van der Waals surface area contributed by atoms with Crippen molar-refractivity contribution in [3.8, 4) is 0 Å². The SMILES string of the molecule is O=C(O)Cn1c(=O)n(CC(=O)O)c2c(Cl)cc(Cl)cc21. The van der Waals surface area contributed by atoms with Crippen LogP contribution in [0.3, 0.4) is 0 Å². The van der Waals surface area contributed by atoms with Gasteiger partial charge in [-0.25, -0.2) is 4.79 Å². The number of carboxylic acid groups (broad SMARTS) is 2. The molecule has 0 radical (unpaired) electrons. The van der Waals surface area contributed by atoms with E-state index in [-0.39, 0.29) is 21.1 Å². The Hall–Kier alpha value is -1.99. The fourth-order valence-corrected chi connectivity index (χ4v) is 2.52. The van der Waals surface area contributed by atoms with Crippen LogP contribution in [0.15, 0.2) is 16.9 Å². The molecule has 0 bridgehead atoms. The van der Waals surface area contributed by atoms with Gasteiger partial charge in [0.15, 0.2) is 0 Å². The fraction of sp³-hybridized carbons (Fsp3) is 0.182. The zero-order valence-electron chi connectivity index (χ0n) is 9.84. The molecule has 1 aromatic heterocycles. The average molecular weight is 319 g/mol. The minimum atomic E-state index is -1.24. The molecule has 0 saturated heterocycles.